The second kappa shape index (κ2) is 49.2. The van der Waals surface area contributed by atoms with Crippen molar-refractivity contribution in [1.29, 1.82) is 0 Å². The summed E-state index contributed by atoms with van der Waals surface area (Å²) in [6, 6.07) is 0. The molecule has 0 aromatic heterocycles. The smallest absolute Gasteiger partial charge is 0.306 e. The molecule has 1 aliphatic heterocycles. The first-order chi connectivity index (χ1) is 32.4. The Morgan fingerprint density at radius 1 is 0.424 bits per heavy atom. The molecule has 66 heavy (non-hydrogen) atoms. The van der Waals surface area contributed by atoms with Crippen LogP contribution in [0.1, 0.15) is 296 Å². The Balaban J connectivity index is 2.13. The maximum atomic E-state index is 12.9. The second-order valence-electron chi connectivity index (χ2n) is 20.5. The Bertz CT molecular complexity index is 982. The Hall–Kier alpha value is -0.810. The molecule has 9 heteroatoms. The molecule has 0 amide bonds. The quantitative estimate of drug-likeness (QED) is 0.0347. The summed E-state index contributed by atoms with van der Waals surface area (Å²) in [6.45, 7) is 4.65. The Morgan fingerprint density at radius 2 is 0.742 bits per heavy atom. The molecule has 0 saturated carbocycles. The largest absolute Gasteiger partial charge is 0.457 e. The maximum absolute atomic E-state index is 12.9. The number of ether oxygens (including phenoxy) is 4. The summed E-state index contributed by atoms with van der Waals surface area (Å²) in [7, 11) is 0. The maximum Gasteiger partial charge on any atom is 0.306 e. The van der Waals surface area contributed by atoms with Gasteiger partial charge in [-0.15, -0.1) is 0 Å². The normalized spacial score (nSPS) is 19.2. The fraction of sp³-hybridized carbons (Fsp3) is 0.982. The van der Waals surface area contributed by atoms with Gasteiger partial charge >= 0.3 is 5.97 Å². The molecule has 9 nitrogen and oxygen atoms in total. The van der Waals surface area contributed by atoms with Gasteiger partial charge in [0.15, 0.2) is 6.29 Å². The summed E-state index contributed by atoms with van der Waals surface area (Å²) >= 11 is 0. The molecular weight excluding hydrogens is 829 g/mol. The van der Waals surface area contributed by atoms with Gasteiger partial charge in [-0.25, -0.2) is 0 Å². The van der Waals surface area contributed by atoms with Crippen LogP contribution in [0.25, 0.3) is 0 Å². The molecule has 1 aliphatic rings. The molecule has 394 valence electrons. The minimum atomic E-state index is -1.53. The van der Waals surface area contributed by atoms with Crippen LogP contribution in [0.5, 0.6) is 0 Å². The molecule has 1 saturated heterocycles. The zero-order valence-electron chi connectivity index (χ0n) is 43.7. The number of carbonyl (C=O) groups is 1. The van der Waals surface area contributed by atoms with Gasteiger partial charge in [-0.1, -0.05) is 277 Å². The SMILES string of the molecule is CCCCCCCCCCCCCCCCCCCCCCCCC(=O)OC(COCCCCCCCCCCCCCCCCCCCCCCC)COC1OC(CO)C(O)C(O)C1O. The van der Waals surface area contributed by atoms with Crippen molar-refractivity contribution in [2.75, 3.05) is 26.4 Å². The number of esters is 1. The zero-order chi connectivity index (χ0) is 47.8. The highest BCUT2D eigenvalue weighted by Gasteiger charge is 2.44. The molecule has 0 spiro atoms. The highest BCUT2D eigenvalue weighted by atomic mass is 16.7. The van der Waals surface area contributed by atoms with Gasteiger partial charge in [0, 0.05) is 13.0 Å². The summed E-state index contributed by atoms with van der Waals surface area (Å²) in [5, 5.41) is 40.3. The number of rotatable bonds is 52. The van der Waals surface area contributed by atoms with Crippen LogP contribution in [0.15, 0.2) is 0 Å². The minimum absolute atomic E-state index is 0.104. The van der Waals surface area contributed by atoms with Crippen molar-refractivity contribution in [3.8, 4) is 0 Å². The van der Waals surface area contributed by atoms with Gasteiger partial charge < -0.3 is 39.4 Å². The lowest BCUT2D eigenvalue weighted by molar-refractivity contribution is -0.305. The number of hydrogen-bond donors (Lipinski definition) is 4. The Kier molecular flexibility index (Phi) is 47.1. The Labute approximate surface area is 408 Å². The first-order valence-electron chi connectivity index (χ1n) is 29.1. The predicted octanol–water partition coefficient (Wildman–Crippen LogP) is 14.9. The van der Waals surface area contributed by atoms with E-state index in [4.69, 9.17) is 18.9 Å². The number of unbranched alkanes of at least 4 members (excludes halogenated alkanes) is 41. The molecule has 1 rings (SSSR count). The van der Waals surface area contributed by atoms with Crippen LogP contribution in [0.4, 0.5) is 0 Å². The summed E-state index contributed by atoms with van der Waals surface area (Å²) in [5.41, 5.74) is 0. The number of hydrogen-bond acceptors (Lipinski definition) is 9. The van der Waals surface area contributed by atoms with Crippen molar-refractivity contribution < 1.29 is 44.2 Å². The second-order valence-corrected chi connectivity index (χ2v) is 20.5. The first kappa shape index (κ1) is 63.2. The third-order valence-corrected chi connectivity index (χ3v) is 14.0. The molecule has 1 fully saturated rings. The highest BCUT2D eigenvalue weighted by molar-refractivity contribution is 5.69. The van der Waals surface area contributed by atoms with Crippen molar-refractivity contribution in [3.05, 3.63) is 0 Å². The van der Waals surface area contributed by atoms with E-state index in [2.05, 4.69) is 13.8 Å². The lowest BCUT2D eigenvalue weighted by atomic mass is 9.99. The van der Waals surface area contributed by atoms with E-state index in [0.717, 1.165) is 32.1 Å². The fourth-order valence-electron chi connectivity index (χ4n) is 9.50. The predicted molar refractivity (Wildman–Crippen MR) is 275 cm³/mol. The van der Waals surface area contributed by atoms with Crippen molar-refractivity contribution in [1.82, 2.24) is 0 Å². The van der Waals surface area contributed by atoms with Gasteiger partial charge in [0.05, 0.1) is 19.8 Å². The minimum Gasteiger partial charge on any atom is -0.457 e. The van der Waals surface area contributed by atoms with E-state index in [1.807, 2.05) is 0 Å². The molecular formula is C57H112O9. The third-order valence-electron chi connectivity index (χ3n) is 14.0. The van der Waals surface area contributed by atoms with E-state index >= 15 is 0 Å². The summed E-state index contributed by atoms with van der Waals surface area (Å²) in [5.74, 6) is -0.303. The zero-order valence-corrected chi connectivity index (χ0v) is 43.7. The number of carbonyl (C=O) groups excluding carboxylic acids is 1. The van der Waals surface area contributed by atoms with Crippen LogP contribution in [0.2, 0.25) is 0 Å². The molecule has 6 atom stereocenters. The van der Waals surface area contributed by atoms with Crippen LogP contribution in [0.3, 0.4) is 0 Å². The van der Waals surface area contributed by atoms with Gasteiger partial charge in [-0.05, 0) is 12.8 Å². The topological polar surface area (TPSA) is 135 Å². The Morgan fingerprint density at radius 3 is 1.08 bits per heavy atom. The van der Waals surface area contributed by atoms with Crippen LogP contribution >= 0.6 is 0 Å². The molecule has 0 aromatic carbocycles. The van der Waals surface area contributed by atoms with E-state index in [0.29, 0.717) is 13.0 Å². The van der Waals surface area contributed by atoms with Gasteiger partial charge in [0.2, 0.25) is 0 Å². The van der Waals surface area contributed by atoms with Crippen molar-refractivity contribution in [2.45, 2.75) is 333 Å². The van der Waals surface area contributed by atoms with E-state index in [-0.39, 0.29) is 19.2 Å². The fourth-order valence-corrected chi connectivity index (χ4v) is 9.50. The van der Waals surface area contributed by atoms with Crippen LogP contribution in [0, 0.1) is 0 Å². The van der Waals surface area contributed by atoms with E-state index < -0.39 is 43.4 Å². The van der Waals surface area contributed by atoms with Crippen LogP contribution in [-0.2, 0) is 23.7 Å². The average molecular weight is 942 g/mol. The summed E-state index contributed by atoms with van der Waals surface area (Å²) in [4.78, 5) is 12.9. The third kappa shape index (κ3) is 39.0. The summed E-state index contributed by atoms with van der Waals surface area (Å²) in [6.07, 6.45) is 50.1. The lowest BCUT2D eigenvalue weighted by Gasteiger charge is -2.39. The van der Waals surface area contributed by atoms with Crippen molar-refractivity contribution >= 4 is 5.97 Å². The molecule has 0 radical (unpaired) electrons. The van der Waals surface area contributed by atoms with Crippen LogP contribution < -0.4 is 0 Å². The standard InChI is InChI=1S/C57H112O9/c1-3-5-7-9-11-13-15-17-19-21-23-25-26-28-30-32-34-36-38-40-42-44-46-53(59)65-51(50-64-57-56(62)55(61)54(60)52(48-58)66-57)49-63-47-45-43-41-39-37-35-33-31-29-27-24-22-20-18-16-14-12-10-8-6-4-2/h51-52,54-58,60-62H,3-50H2,1-2H3. The highest BCUT2D eigenvalue weighted by Crippen LogP contribution is 2.23. The number of aliphatic hydroxyl groups is 4. The van der Waals surface area contributed by atoms with E-state index in [1.54, 1.807) is 0 Å². The van der Waals surface area contributed by atoms with Gasteiger partial charge in [-0.3, -0.25) is 4.79 Å². The van der Waals surface area contributed by atoms with E-state index in [1.165, 1.54) is 244 Å². The average Bonchev–Trinajstić information content (AvgIpc) is 3.32. The van der Waals surface area contributed by atoms with E-state index in [9.17, 15) is 25.2 Å². The molecule has 4 N–H and O–H groups in total. The summed E-state index contributed by atoms with van der Waals surface area (Å²) < 4.78 is 23.0. The lowest BCUT2D eigenvalue weighted by Crippen LogP contribution is -2.59. The first-order valence-corrected chi connectivity index (χ1v) is 29.1. The molecule has 1 heterocycles. The number of aliphatic hydroxyl groups excluding tert-OH is 4. The van der Waals surface area contributed by atoms with Crippen LogP contribution in [-0.4, -0.2) is 89.6 Å². The van der Waals surface area contributed by atoms with Crippen molar-refractivity contribution in [2.24, 2.45) is 0 Å². The molecule has 0 aliphatic carbocycles. The van der Waals surface area contributed by atoms with Gasteiger partial charge in [0.1, 0.15) is 30.5 Å². The monoisotopic (exact) mass is 941 g/mol. The molecule has 0 aromatic rings. The van der Waals surface area contributed by atoms with Gasteiger partial charge in [0.25, 0.3) is 0 Å². The molecule has 6 unspecified atom stereocenters. The molecule has 0 bridgehead atoms. The van der Waals surface area contributed by atoms with Crippen molar-refractivity contribution in [3.63, 3.8) is 0 Å². The van der Waals surface area contributed by atoms with Gasteiger partial charge in [-0.2, -0.15) is 0 Å².